The number of carbonyl (C=O) groups is 1. The smallest absolute Gasteiger partial charge is 0.139 e. The van der Waals surface area contributed by atoms with E-state index in [2.05, 4.69) is 0 Å². The summed E-state index contributed by atoms with van der Waals surface area (Å²) in [5.74, 6) is 0.0982. The van der Waals surface area contributed by atoms with Gasteiger partial charge in [0, 0.05) is 30.0 Å². The molecular formula is C11H12Cl2O2. The van der Waals surface area contributed by atoms with E-state index in [1.165, 1.54) is 0 Å². The maximum atomic E-state index is 11.5. The van der Waals surface area contributed by atoms with Crippen LogP contribution >= 0.6 is 23.2 Å². The predicted molar refractivity (Wildman–Crippen MR) is 61.7 cm³/mol. The van der Waals surface area contributed by atoms with Crippen LogP contribution in [0, 0.1) is 0 Å². The average molecular weight is 247 g/mol. The summed E-state index contributed by atoms with van der Waals surface area (Å²) in [6, 6.07) is 5.12. The Hall–Kier alpha value is -0.570. The van der Waals surface area contributed by atoms with Crippen molar-refractivity contribution < 1.29 is 9.53 Å². The van der Waals surface area contributed by atoms with Gasteiger partial charge < -0.3 is 4.74 Å². The van der Waals surface area contributed by atoms with E-state index in [-0.39, 0.29) is 5.78 Å². The van der Waals surface area contributed by atoms with E-state index in [1.54, 1.807) is 25.3 Å². The molecule has 0 N–H and O–H groups in total. The molecule has 0 spiro atoms. The Kier molecular flexibility index (Phi) is 5.09. The molecule has 0 aliphatic rings. The van der Waals surface area contributed by atoms with E-state index in [1.807, 2.05) is 0 Å². The Morgan fingerprint density at radius 1 is 1.40 bits per heavy atom. The Morgan fingerprint density at radius 2 is 2.13 bits per heavy atom. The van der Waals surface area contributed by atoms with Crippen molar-refractivity contribution in [3.8, 4) is 0 Å². The van der Waals surface area contributed by atoms with Crippen molar-refractivity contribution in [2.45, 2.75) is 12.8 Å². The summed E-state index contributed by atoms with van der Waals surface area (Å²) < 4.78 is 4.82. The highest BCUT2D eigenvalue weighted by atomic mass is 35.5. The molecule has 2 nitrogen and oxygen atoms in total. The van der Waals surface area contributed by atoms with Crippen LogP contribution in [-0.2, 0) is 16.0 Å². The highest BCUT2D eigenvalue weighted by molar-refractivity contribution is 6.33. The summed E-state index contributed by atoms with van der Waals surface area (Å²) in [7, 11) is 1.57. The van der Waals surface area contributed by atoms with Crippen molar-refractivity contribution in [3.63, 3.8) is 0 Å². The van der Waals surface area contributed by atoms with Gasteiger partial charge in [-0.15, -0.1) is 0 Å². The van der Waals surface area contributed by atoms with Crippen LogP contribution in [0.5, 0.6) is 0 Å². The lowest BCUT2D eigenvalue weighted by Crippen LogP contribution is -2.06. The monoisotopic (exact) mass is 246 g/mol. The van der Waals surface area contributed by atoms with E-state index in [4.69, 9.17) is 27.9 Å². The molecule has 1 rings (SSSR count). The number of ketones is 1. The summed E-state index contributed by atoms with van der Waals surface area (Å²) in [5.41, 5.74) is 0.769. The molecule has 82 valence electrons. The van der Waals surface area contributed by atoms with E-state index in [0.717, 1.165) is 5.56 Å². The number of Topliss-reactive ketones (excluding diaryl/α,β-unsaturated/α-hetero) is 1. The summed E-state index contributed by atoms with van der Waals surface area (Å²) in [6.45, 7) is 0.441. The average Bonchev–Trinajstić information content (AvgIpc) is 2.20. The Morgan fingerprint density at radius 3 is 2.80 bits per heavy atom. The minimum Gasteiger partial charge on any atom is -0.384 e. The zero-order valence-corrected chi connectivity index (χ0v) is 9.94. The third kappa shape index (κ3) is 4.20. The molecule has 0 atom stereocenters. The number of benzene rings is 1. The first-order chi connectivity index (χ1) is 7.13. The second-order valence-corrected chi connectivity index (χ2v) is 4.04. The van der Waals surface area contributed by atoms with E-state index >= 15 is 0 Å². The number of carbonyl (C=O) groups excluding carboxylic acids is 1. The lowest BCUT2D eigenvalue weighted by molar-refractivity contribution is -0.119. The SMILES string of the molecule is COCCC(=O)Cc1cc(Cl)ccc1Cl. The lowest BCUT2D eigenvalue weighted by atomic mass is 10.1. The molecule has 0 amide bonds. The maximum absolute atomic E-state index is 11.5. The fourth-order valence-electron chi connectivity index (χ4n) is 1.20. The van der Waals surface area contributed by atoms with Crippen molar-refractivity contribution in [2.75, 3.05) is 13.7 Å². The molecule has 0 fully saturated rings. The van der Waals surface area contributed by atoms with Gasteiger partial charge in [-0.3, -0.25) is 4.79 Å². The molecule has 15 heavy (non-hydrogen) atoms. The third-order valence-corrected chi connectivity index (χ3v) is 2.58. The van der Waals surface area contributed by atoms with Crippen LogP contribution in [-0.4, -0.2) is 19.5 Å². The molecule has 0 aromatic heterocycles. The number of ether oxygens (including phenoxy) is 1. The van der Waals surface area contributed by atoms with Gasteiger partial charge in [0.25, 0.3) is 0 Å². The van der Waals surface area contributed by atoms with Crippen LogP contribution < -0.4 is 0 Å². The Bertz CT molecular complexity index is 350. The zero-order chi connectivity index (χ0) is 11.3. The van der Waals surface area contributed by atoms with Gasteiger partial charge in [-0.25, -0.2) is 0 Å². The molecule has 4 heteroatoms. The highest BCUT2D eigenvalue weighted by Gasteiger charge is 2.07. The normalized spacial score (nSPS) is 10.3. The molecule has 0 saturated carbocycles. The Balaban J connectivity index is 2.63. The van der Waals surface area contributed by atoms with Crippen molar-refractivity contribution in [2.24, 2.45) is 0 Å². The minimum absolute atomic E-state index is 0.0982. The molecular weight excluding hydrogens is 235 g/mol. The summed E-state index contributed by atoms with van der Waals surface area (Å²) in [4.78, 5) is 11.5. The highest BCUT2D eigenvalue weighted by Crippen LogP contribution is 2.21. The number of hydrogen-bond acceptors (Lipinski definition) is 2. The first kappa shape index (κ1) is 12.5. The number of rotatable bonds is 5. The second-order valence-electron chi connectivity index (χ2n) is 3.19. The first-order valence-corrected chi connectivity index (χ1v) is 5.33. The fourth-order valence-corrected chi connectivity index (χ4v) is 1.57. The van der Waals surface area contributed by atoms with Crippen LogP contribution in [0.4, 0.5) is 0 Å². The van der Waals surface area contributed by atoms with E-state index in [0.29, 0.717) is 29.5 Å². The van der Waals surface area contributed by atoms with Crippen LogP contribution in [0.25, 0.3) is 0 Å². The van der Waals surface area contributed by atoms with Gasteiger partial charge in [0.05, 0.1) is 6.61 Å². The van der Waals surface area contributed by atoms with Gasteiger partial charge in [0.1, 0.15) is 5.78 Å². The van der Waals surface area contributed by atoms with Crippen molar-refractivity contribution in [3.05, 3.63) is 33.8 Å². The largest absolute Gasteiger partial charge is 0.384 e. The predicted octanol–water partition coefficient (Wildman–Crippen LogP) is 3.14. The van der Waals surface area contributed by atoms with Crippen LogP contribution in [0.1, 0.15) is 12.0 Å². The summed E-state index contributed by atoms with van der Waals surface area (Å²) in [5, 5.41) is 1.17. The topological polar surface area (TPSA) is 26.3 Å². The molecule has 0 radical (unpaired) electrons. The zero-order valence-electron chi connectivity index (χ0n) is 8.43. The van der Waals surface area contributed by atoms with Crippen molar-refractivity contribution >= 4 is 29.0 Å². The summed E-state index contributed by atoms with van der Waals surface area (Å²) in [6.07, 6.45) is 0.710. The van der Waals surface area contributed by atoms with E-state index < -0.39 is 0 Å². The molecule has 0 unspecified atom stereocenters. The lowest BCUT2D eigenvalue weighted by Gasteiger charge is -2.04. The van der Waals surface area contributed by atoms with Crippen molar-refractivity contribution in [1.29, 1.82) is 0 Å². The third-order valence-electron chi connectivity index (χ3n) is 1.98. The Labute approximate surface area is 99.1 Å². The first-order valence-electron chi connectivity index (χ1n) is 4.58. The van der Waals surface area contributed by atoms with Gasteiger partial charge in [-0.2, -0.15) is 0 Å². The molecule has 1 aromatic rings. The number of halogens is 2. The van der Waals surface area contributed by atoms with Crippen LogP contribution in [0.15, 0.2) is 18.2 Å². The molecule has 0 heterocycles. The fraction of sp³-hybridized carbons (Fsp3) is 0.364. The van der Waals surface area contributed by atoms with Gasteiger partial charge in [0.2, 0.25) is 0 Å². The molecule has 0 aliphatic heterocycles. The van der Waals surface area contributed by atoms with Gasteiger partial charge in [0.15, 0.2) is 0 Å². The van der Waals surface area contributed by atoms with Crippen molar-refractivity contribution in [1.82, 2.24) is 0 Å². The quantitative estimate of drug-likeness (QED) is 0.798. The standard InChI is InChI=1S/C11H12Cl2O2/c1-15-5-4-10(14)7-8-6-9(12)2-3-11(8)13/h2-3,6H,4-5,7H2,1H3. The molecule has 0 bridgehead atoms. The maximum Gasteiger partial charge on any atom is 0.139 e. The van der Waals surface area contributed by atoms with Crippen LogP contribution in [0.3, 0.4) is 0 Å². The molecule has 0 aliphatic carbocycles. The minimum atomic E-state index is 0.0982. The molecule has 1 aromatic carbocycles. The number of methoxy groups -OCH3 is 1. The van der Waals surface area contributed by atoms with Gasteiger partial charge in [-0.1, -0.05) is 23.2 Å². The van der Waals surface area contributed by atoms with Gasteiger partial charge >= 0.3 is 0 Å². The second kappa shape index (κ2) is 6.11. The van der Waals surface area contributed by atoms with Crippen LogP contribution in [0.2, 0.25) is 10.0 Å². The van der Waals surface area contributed by atoms with Gasteiger partial charge in [-0.05, 0) is 23.8 Å². The molecule has 0 saturated heterocycles. The number of hydrogen-bond donors (Lipinski definition) is 0. The van der Waals surface area contributed by atoms with E-state index in [9.17, 15) is 4.79 Å². The summed E-state index contributed by atoms with van der Waals surface area (Å²) >= 11 is 11.7.